The summed E-state index contributed by atoms with van der Waals surface area (Å²) < 4.78 is 6.08. The van der Waals surface area contributed by atoms with Gasteiger partial charge in [-0.3, -0.25) is 4.79 Å². The molecule has 0 fully saturated rings. The van der Waals surface area contributed by atoms with E-state index < -0.39 is 12.1 Å². The van der Waals surface area contributed by atoms with Gasteiger partial charge in [-0.1, -0.05) is 48.0 Å². The fourth-order valence-corrected chi connectivity index (χ4v) is 5.06. The molecule has 7 nitrogen and oxygen atoms in total. The molecule has 0 saturated heterocycles. The number of amides is 1. The average Bonchev–Trinajstić information content (AvgIpc) is 2.96. The molecule has 4 aromatic carbocycles. The summed E-state index contributed by atoms with van der Waals surface area (Å²) >= 11 is 6.06. The van der Waals surface area contributed by atoms with Crippen LogP contribution in [0.5, 0.6) is 11.5 Å². The summed E-state index contributed by atoms with van der Waals surface area (Å²) in [5, 5.41) is 27.0. The van der Waals surface area contributed by atoms with E-state index in [1.54, 1.807) is 42.5 Å². The van der Waals surface area contributed by atoms with Gasteiger partial charge in [-0.25, -0.2) is 4.79 Å². The second-order valence-electron chi connectivity index (χ2n) is 9.82. The zero-order chi connectivity index (χ0) is 28.1. The maximum atomic E-state index is 12.6. The second kappa shape index (κ2) is 13.7. The molecular formula is C32H30Cl2N2O5. The molecule has 0 bridgehead atoms. The minimum absolute atomic E-state index is 0. The Balaban J connectivity index is 0.00000387. The van der Waals surface area contributed by atoms with Gasteiger partial charge in [0, 0.05) is 34.9 Å². The third-order valence-electron chi connectivity index (χ3n) is 6.92. The number of anilines is 1. The highest BCUT2D eigenvalue weighted by Crippen LogP contribution is 2.31. The number of carboxylic acid groups (broad SMARTS) is 1. The van der Waals surface area contributed by atoms with Crippen LogP contribution in [0.4, 0.5) is 5.69 Å². The molecule has 0 spiro atoms. The van der Waals surface area contributed by atoms with E-state index in [1.165, 1.54) is 17.7 Å². The van der Waals surface area contributed by atoms with Crippen LogP contribution < -0.4 is 15.4 Å². The van der Waals surface area contributed by atoms with E-state index in [-0.39, 0.29) is 29.9 Å². The van der Waals surface area contributed by atoms with Crippen LogP contribution in [0.1, 0.15) is 49.9 Å². The number of aliphatic hydroxyl groups is 1. The van der Waals surface area contributed by atoms with Crippen LogP contribution in [-0.2, 0) is 12.8 Å². The van der Waals surface area contributed by atoms with Crippen molar-refractivity contribution in [2.75, 3.05) is 11.9 Å². The SMILES string of the molecule is Cl.O=C(O)c1cc(NC(=O)c2ccccc2)cc(Oc2ccc3c(c2)C[C@@H](NC[C@@H](O)c2cccc(Cl)c2)CC3)c1. The van der Waals surface area contributed by atoms with Crippen molar-refractivity contribution in [3.63, 3.8) is 0 Å². The quantitative estimate of drug-likeness (QED) is 0.172. The Morgan fingerprint density at radius 1 is 0.902 bits per heavy atom. The van der Waals surface area contributed by atoms with Crippen LogP contribution in [0, 0.1) is 0 Å². The van der Waals surface area contributed by atoms with E-state index >= 15 is 0 Å². The molecule has 4 aromatic rings. The largest absolute Gasteiger partial charge is 0.478 e. The van der Waals surface area contributed by atoms with Gasteiger partial charge in [0.2, 0.25) is 0 Å². The number of ether oxygens (including phenoxy) is 1. The molecule has 0 saturated carbocycles. The Hall–Kier alpha value is -3.88. The molecule has 0 radical (unpaired) electrons. The van der Waals surface area contributed by atoms with Gasteiger partial charge in [-0.2, -0.15) is 0 Å². The van der Waals surface area contributed by atoms with Crippen molar-refractivity contribution in [2.24, 2.45) is 0 Å². The highest BCUT2D eigenvalue weighted by atomic mass is 35.5. The number of hydrogen-bond acceptors (Lipinski definition) is 5. The first-order valence-corrected chi connectivity index (χ1v) is 13.4. The third kappa shape index (κ3) is 7.86. The Kier molecular flexibility index (Phi) is 10.0. The molecule has 41 heavy (non-hydrogen) atoms. The lowest BCUT2D eigenvalue weighted by atomic mass is 9.88. The molecule has 0 aromatic heterocycles. The van der Waals surface area contributed by atoms with Crippen LogP contribution in [0.25, 0.3) is 0 Å². The van der Waals surface area contributed by atoms with Gasteiger partial charge in [0.1, 0.15) is 11.5 Å². The molecule has 2 atom stereocenters. The fourth-order valence-electron chi connectivity index (χ4n) is 4.86. The molecule has 1 amide bonds. The topological polar surface area (TPSA) is 108 Å². The minimum atomic E-state index is -1.13. The first kappa shape index (κ1) is 30.1. The average molecular weight is 594 g/mol. The fraction of sp³-hybridized carbons (Fsp3) is 0.188. The number of rotatable bonds is 9. The lowest BCUT2D eigenvalue weighted by molar-refractivity contribution is 0.0696. The Labute approximate surface area is 249 Å². The Bertz CT molecular complexity index is 1530. The monoisotopic (exact) mass is 592 g/mol. The maximum absolute atomic E-state index is 12.6. The minimum Gasteiger partial charge on any atom is -0.478 e. The summed E-state index contributed by atoms with van der Waals surface area (Å²) in [5.41, 5.74) is 3.92. The predicted octanol–water partition coefficient (Wildman–Crippen LogP) is 6.69. The van der Waals surface area contributed by atoms with Crippen LogP contribution in [0.3, 0.4) is 0 Å². The van der Waals surface area contributed by atoms with Crippen molar-refractivity contribution in [3.05, 3.63) is 124 Å². The Morgan fingerprint density at radius 3 is 2.46 bits per heavy atom. The number of carbonyl (C=O) groups is 2. The number of aliphatic hydroxyl groups excluding tert-OH is 1. The number of hydrogen-bond donors (Lipinski definition) is 4. The van der Waals surface area contributed by atoms with Crippen molar-refractivity contribution >= 4 is 41.6 Å². The smallest absolute Gasteiger partial charge is 0.335 e. The van der Waals surface area contributed by atoms with Gasteiger partial charge in [-0.15, -0.1) is 12.4 Å². The molecule has 0 unspecified atom stereocenters. The zero-order valence-electron chi connectivity index (χ0n) is 22.0. The van der Waals surface area contributed by atoms with E-state index in [1.807, 2.05) is 36.4 Å². The van der Waals surface area contributed by atoms with Crippen molar-refractivity contribution < 1.29 is 24.5 Å². The summed E-state index contributed by atoms with van der Waals surface area (Å²) in [6, 6.07) is 26.4. The second-order valence-corrected chi connectivity index (χ2v) is 10.3. The molecule has 1 aliphatic carbocycles. The molecular weight excluding hydrogens is 563 g/mol. The van der Waals surface area contributed by atoms with Crippen molar-refractivity contribution in [2.45, 2.75) is 31.4 Å². The number of fused-ring (bicyclic) bond motifs is 1. The first-order chi connectivity index (χ1) is 19.3. The molecule has 1 aliphatic rings. The summed E-state index contributed by atoms with van der Waals surface area (Å²) in [5.74, 6) is -0.596. The summed E-state index contributed by atoms with van der Waals surface area (Å²) in [7, 11) is 0. The molecule has 0 aliphatic heterocycles. The van der Waals surface area contributed by atoms with Gasteiger partial charge in [0.15, 0.2) is 0 Å². The molecule has 9 heteroatoms. The third-order valence-corrected chi connectivity index (χ3v) is 7.16. The number of nitrogens with one attached hydrogen (secondary N) is 2. The standard InChI is InChI=1S/C32H29ClN2O5.ClH/c33-25-8-4-7-22(13-25)30(36)19-34-26-11-9-20-10-12-28(16-23(20)14-26)40-29-17-24(32(38)39)15-27(18-29)35-31(37)21-5-2-1-3-6-21;/h1-8,10,12-13,15-18,26,30,34,36H,9,11,14,19H2,(H,35,37)(H,38,39);1H/t26-,30+;/m0./s1. The van der Waals surface area contributed by atoms with Crippen molar-refractivity contribution in [1.82, 2.24) is 5.32 Å². The zero-order valence-corrected chi connectivity index (χ0v) is 23.6. The number of carboxylic acids is 1. The van der Waals surface area contributed by atoms with Crippen LogP contribution >= 0.6 is 24.0 Å². The number of benzene rings is 4. The van der Waals surface area contributed by atoms with Gasteiger partial charge in [0.25, 0.3) is 5.91 Å². The van der Waals surface area contributed by atoms with Crippen LogP contribution in [0.2, 0.25) is 5.02 Å². The number of halogens is 2. The van der Waals surface area contributed by atoms with Crippen LogP contribution in [0.15, 0.2) is 91.0 Å². The van der Waals surface area contributed by atoms with Gasteiger partial charge >= 0.3 is 5.97 Å². The predicted molar refractivity (Wildman–Crippen MR) is 162 cm³/mol. The number of aryl methyl sites for hydroxylation is 1. The van der Waals surface area contributed by atoms with E-state index in [0.29, 0.717) is 34.3 Å². The summed E-state index contributed by atoms with van der Waals surface area (Å²) in [6.45, 7) is 0.413. The lowest BCUT2D eigenvalue weighted by Gasteiger charge is -2.27. The summed E-state index contributed by atoms with van der Waals surface area (Å²) in [4.78, 5) is 24.4. The van der Waals surface area contributed by atoms with E-state index in [4.69, 9.17) is 16.3 Å². The van der Waals surface area contributed by atoms with Gasteiger partial charge < -0.3 is 25.6 Å². The van der Waals surface area contributed by atoms with Gasteiger partial charge in [0.05, 0.1) is 11.7 Å². The highest BCUT2D eigenvalue weighted by Gasteiger charge is 2.21. The maximum Gasteiger partial charge on any atom is 0.335 e. The Morgan fingerprint density at radius 2 is 1.71 bits per heavy atom. The molecule has 5 rings (SSSR count). The van der Waals surface area contributed by atoms with E-state index in [9.17, 15) is 19.8 Å². The highest BCUT2D eigenvalue weighted by molar-refractivity contribution is 6.30. The molecule has 0 heterocycles. The van der Waals surface area contributed by atoms with Gasteiger partial charge in [-0.05, 0) is 84.5 Å². The number of carbonyl (C=O) groups excluding carboxylic acids is 1. The lowest BCUT2D eigenvalue weighted by Crippen LogP contribution is -2.37. The summed E-state index contributed by atoms with van der Waals surface area (Å²) in [6.07, 6.45) is 1.95. The van der Waals surface area contributed by atoms with E-state index in [0.717, 1.165) is 30.4 Å². The van der Waals surface area contributed by atoms with Crippen molar-refractivity contribution in [1.29, 1.82) is 0 Å². The molecule has 212 valence electrons. The normalized spacial score (nSPS) is 14.7. The molecule has 4 N–H and O–H groups in total. The number of aromatic carboxylic acids is 1. The van der Waals surface area contributed by atoms with E-state index in [2.05, 4.69) is 10.6 Å². The van der Waals surface area contributed by atoms with Crippen LogP contribution in [-0.4, -0.2) is 34.7 Å². The first-order valence-electron chi connectivity index (χ1n) is 13.1. The van der Waals surface area contributed by atoms with Crippen molar-refractivity contribution in [3.8, 4) is 11.5 Å².